The molecule has 3 heterocycles. The van der Waals surface area contributed by atoms with Crippen LogP contribution in [0.2, 0.25) is 0 Å². The number of aromatic amines is 1. The van der Waals surface area contributed by atoms with Crippen LogP contribution >= 0.6 is 11.3 Å². The summed E-state index contributed by atoms with van der Waals surface area (Å²) in [5, 5.41) is 2.98. The van der Waals surface area contributed by atoms with Crippen LogP contribution in [-0.4, -0.2) is 15.8 Å². The third-order valence-corrected chi connectivity index (χ3v) is 3.73. The molecule has 0 fully saturated rings. The first-order valence-corrected chi connectivity index (χ1v) is 6.61. The number of ketones is 1. The third kappa shape index (κ3) is 2.07. The number of thiophene rings is 1. The molecule has 0 unspecified atom stereocenters. The highest BCUT2D eigenvalue weighted by atomic mass is 32.1. The molecule has 3 nitrogen and oxygen atoms in total. The van der Waals surface area contributed by atoms with E-state index in [1.54, 1.807) is 6.20 Å². The number of nitrogens with one attached hydrogen (secondary N) is 1. The molecule has 3 rings (SSSR count). The maximum Gasteiger partial charge on any atom is 0.177 e. The van der Waals surface area contributed by atoms with Gasteiger partial charge in [-0.2, -0.15) is 0 Å². The molecular formula is C14H12N2OS. The van der Waals surface area contributed by atoms with Crippen LogP contribution in [0.5, 0.6) is 0 Å². The Balaban J connectivity index is 1.88. The Hall–Kier alpha value is -1.94. The summed E-state index contributed by atoms with van der Waals surface area (Å²) in [5.41, 5.74) is 2.92. The molecule has 0 aromatic carbocycles. The van der Waals surface area contributed by atoms with Crippen molar-refractivity contribution in [3.8, 4) is 0 Å². The Kier molecular flexibility index (Phi) is 2.72. The van der Waals surface area contributed by atoms with Crippen LogP contribution in [0.4, 0.5) is 0 Å². The van der Waals surface area contributed by atoms with E-state index in [0.29, 0.717) is 6.42 Å². The quantitative estimate of drug-likeness (QED) is 0.730. The van der Waals surface area contributed by atoms with E-state index < -0.39 is 0 Å². The van der Waals surface area contributed by atoms with Crippen molar-refractivity contribution in [2.45, 2.75) is 13.3 Å². The van der Waals surface area contributed by atoms with Gasteiger partial charge < -0.3 is 4.98 Å². The lowest BCUT2D eigenvalue weighted by Gasteiger charge is -1.99. The van der Waals surface area contributed by atoms with Gasteiger partial charge in [-0.1, -0.05) is 6.07 Å². The average Bonchev–Trinajstić information content (AvgIpc) is 2.95. The maximum absolute atomic E-state index is 12.0. The van der Waals surface area contributed by atoms with Gasteiger partial charge in [0.1, 0.15) is 5.65 Å². The second-order valence-corrected chi connectivity index (χ2v) is 5.26. The minimum Gasteiger partial charge on any atom is -0.344 e. The Labute approximate surface area is 108 Å². The van der Waals surface area contributed by atoms with Gasteiger partial charge >= 0.3 is 0 Å². The van der Waals surface area contributed by atoms with Gasteiger partial charge in [0.25, 0.3) is 0 Å². The zero-order valence-corrected chi connectivity index (χ0v) is 10.8. The summed E-state index contributed by atoms with van der Waals surface area (Å²) >= 11 is 1.48. The smallest absolute Gasteiger partial charge is 0.177 e. The molecule has 18 heavy (non-hydrogen) atoms. The number of hydrogen-bond acceptors (Lipinski definition) is 3. The number of aromatic nitrogens is 2. The lowest BCUT2D eigenvalue weighted by molar-refractivity contribution is 0.0997. The van der Waals surface area contributed by atoms with E-state index in [-0.39, 0.29) is 5.78 Å². The molecule has 0 amide bonds. The first-order chi connectivity index (χ1) is 8.72. The number of aryl methyl sites for hydroxylation is 1. The van der Waals surface area contributed by atoms with E-state index in [1.165, 1.54) is 11.3 Å². The monoisotopic (exact) mass is 256 g/mol. The molecular weight excluding hydrogens is 244 g/mol. The number of hydrogen-bond donors (Lipinski definition) is 1. The van der Waals surface area contributed by atoms with Crippen molar-refractivity contribution in [2.75, 3.05) is 0 Å². The van der Waals surface area contributed by atoms with Crippen LogP contribution in [0.1, 0.15) is 20.9 Å². The molecule has 0 aliphatic carbocycles. The topological polar surface area (TPSA) is 45.8 Å². The Bertz CT molecular complexity index is 698. The molecule has 1 N–H and O–H groups in total. The summed E-state index contributed by atoms with van der Waals surface area (Å²) in [6.45, 7) is 2.00. The summed E-state index contributed by atoms with van der Waals surface area (Å²) in [6.07, 6.45) is 2.18. The number of carbonyl (C=O) groups is 1. The van der Waals surface area contributed by atoms with E-state index >= 15 is 0 Å². The summed E-state index contributed by atoms with van der Waals surface area (Å²) in [4.78, 5) is 20.3. The summed E-state index contributed by atoms with van der Waals surface area (Å²) in [6, 6.07) is 7.83. The van der Waals surface area contributed by atoms with Crippen molar-refractivity contribution >= 4 is 28.2 Å². The van der Waals surface area contributed by atoms with Crippen molar-refractivity contribution in [1.29, 1.82) is 0 Å². The number of rotatable bonds is 3. The zero-order chi connectivity index (χ0) is 12.5. The van der Waals surface area contributed by atoms with E-state index in [4.69, 9.17) is 0 Å². The fourth-order valence-corrected chi connectivity index (χ4v) is 2.67. The number of fused-ring (bicyclic) bond motifs is 1. The third-order valence-electron chi connectivity index (χ3n) is 2.82. The van der Waals surface area contributed by atoms with E-state index in [9.17, 15) is 4.79 Å². The molecule has 3 aromatic heterocycles. The van der Waals surface area contributed by atoms with Crippen LogP contribution in [0.25, 0.3) is 11.0 Å². The molecule has 90 valence electrons. The van der Waals surface area contributed by atoms with E-state index in [1.807, 2.05) is 36.6 Å². The standard InChI is InChI=1S/C14H12N2OS/c1-9-5-11-6-10(8-15-14(11)16-9)7-12(17)13-3-2-4-18-13/h2-6,8H,7H2,1H3,(H,15,16). The highest BCUT2D eigenvalue weighted by molar-refractivity contribution is 7.12. The molecule has 0 aliphatic heterocycles. The molecule has 0 atom stereocenters. The molecule has 0 spiro atoms. The van der Waals surface area contributed by atoms with Gasteiger partial charge in [-0.15, -0.1) is 11.3 Å². The zero-order valence-electron chi connectivity index (χ0n) is 9.93. The lowest BCUT2D eigenvalue weighted by Crippen LogP contribution is -2.01. The second-order valence-electron chi connectivity index (χ2n) is 4.31. The number of Topliss-reactive ketones (excluding diaryl/α,β-unsaturated/α-hetero) is 1. The van der Waals surface area contributed by atoms with Crippen LogP contribution in [0, 0.1) is 6.92 Å². The van der Waals surface area contributed by atoms with Gasteiger partial charge in [0, 0.05) is 23.7 Å². The molecule has 3 aromatic rings. The number of carbonyl (C=O) groups excluding carboxylic acids is 1. The van der Waals surface area contributed by atoms with Gasteiger partial charge in [0.15, 0.2) is 5.78 Å². The van der Waals surface area contributed by atoms with Gasteiger partial charge in [-0.3, -0.25) is 4.79 Å². The van der Waals surface area contributed by atoms with Crippen molar-refractivity contribution in [2.24, 2.45) is 0 Å². The van der Waals surface area contributed by atoms with Gasteiger partial charge in [-0.05, 0) is 36.1 Å². The molecule has 0 bridgehead atoms. The second kappa shape index (κ2) is 4.38. The number of H-pyrrole nitrogens is 1. The van der Waals surface area contributed by atoms with E-state index in [2.05, 4.69) is 9.97 Å². The number of nitrogens with zero attached hydrogens (tertiary/aromatic N) is 1. The minimum absolute atomic E-state index is 0.151. The summed E-state index contributed by atoms with van der Waals surface area (Å²) in [7, 11) is 0. The van der Waals surface area contributed by atoms with Gasteiger partial charge in [-0.25, -0.2) is 4.98 Å². The summed E-state index contributed by atoms with van der Waals surface area (Å²) in [5.74, 6) is 0.151. The van der Waals surface area contributed by atoms with Crippen LogP contribution < -0.4 is 0 Å². The molecule has 4 heteroatoms. The highest BCUT2D eigenvalue weighted by Crippen LogP contribution is 2.17. The predicted molar refractivity (Wildman–Crippen MR) is 73.2 cm³/mol. The first-order valence-electron chi connectivity index (χ1n) is 5.73. The fraction of sp³-hybridized carbons (Fsp3) is 0.143. The Morgan fingerprint density at radius 1 is 1.44 bits per heavy atom. The van der Waals surface area contributed by atoms with Crippen molar-refractivity contribution in [3.05, 3.63) is 52.0 Å². The summed E-state index contributed by atoms with van der Waals surface area (Å²) < 4.78 is 0. The highest BCUT2D eigenvalue weighted by Gasteiger charge is 2.09. The normalized spacial score (nSPS) is 10.9. The van der Waals surface area contributed by atoms with Crippen LogP contribution in [0.15, 0.2) is 35.8 Å². The SMILES string of the molecule is Cc1cc2cc(CC(=O)c3cccs3)cnc2[nH]1. The molecule has 0 aliphatic rings. The fourth-order valence-electron chi connectivity index (χ4n) is 2.00. The van der Waals surface area contributed by atoms with Crippen molar-refractivity contribution in [1.82, 2.24) is 9.97 Å². The minimum atomic E-state index is 0.151. The molecule has 0 saturated heterocycles. The van der Waals surface area contributed by atoms with E-state index in [0.717, 1.165) is 27.2 Å². The number of pyridine rings is 1. The van der Waals surface area contributed by atoms with Crippen LogP contribution in [-0.2, 0) is 6.42 Å². The van der Waals surface area contributed by atoms with Gasteiger partial charge in [0.05, 0.1) is 4.88 Å². The first kappa shape index (κ1) is 11.2. The largest absolute Gasteiger partial charge is 0.344 e. The van der Waals surface area contributed by atoms with Crippen molar-refractivity contribution < 1.29 is 4.79 Å². The Morgan fingerprint density at radius 2 is 2.33 bits per heavy atom. The van der Waals surface area contributed by atoms with Crippen molar-refractivity contribution in [3.63, 3.8) is 0 Å². The van der Waals surface area contributed by atoms with Gasteiger partial charge in [0.2, 0.25) is 0 Å². The lowest BCUT2D eigenvalue weighted by atomic mass is 10.1. The maximum atomic E-state index is 12.0. The average molecular weight is 256 g/mol. The molecule has 0 radical (unpaired) electrons. The predicted octanol–water partition coefficient (Wildman–Crippen LogP) is 3.36. The molecule has 0 saturated carbocycles. The Morgan fingerprint density at radius 3 is 3.11 bits per heavy atom. The van der Waals surface area contributed by atoms with Crippen LogP contribution in [0.3, 0.4) is 0 Å².